The molecule has 8 heteroatoms. The normalized spacial score (nSPS) is 20.3. The van der Waals surface area contributed by atoms with Crippen LogP contribution in [-0.2, 0) is 15.5 Å². The Bertz CT molecular complexity index is 652. The summed E-state index contributed by atoms with van der Waals surface area (Å²) in [6.07, 6.45) is 2.24. The maximum atomic E-state index is 12.2. The van der Waals surface area contributed by atoms with Crippen LogP contribution in [0.4, 0.5) is 0 Å². The average Bonchev–Trinajstić information content (AvgIpc) is 2.78. The topological polar surface area (TPSA) is 91.9 Å². The molecule has 0 radical (unpaired) electrons. The van der Waals surface area contributed by atoms with Crippen LogP contribution >= 0.6 is 10.7 Å². The molecule has 21 heavy (non-hydrogen) atoms. The van der Waals surface area contributed by atoms with Crippen LogP contribution in [0.3, 0.4) is 0 Å². The van der Waals surface area contributed by atoms with Crippen LogP contribution in [0.5, 0.6) is 0 Å². The second-order valence-corrected chi connectivity index (χ2v) is 8.67. The SMILES string of the molecule is CCCc1[nH]nc(C(=O)NCC2CC2(C)C)c1S(=O)(=O)Cl. The predicted molar refractivity (Wildman–Crippen MR) is 79.8 cm³/mol. The maximum absolute atomic E-state index is 12.2. The van der Waals surface area contributed by atoms with Crippen molar-refractivity contribution < 1.29 is 13.2 Å². The van der Waals surface area contributed by atoms with Gasteiger partial charge in [-0.3, -0.25) is 9.89 Å². The van der Waals surface area contributed by atoms with Gasteiger partial charge in [0.15, 0.2) is 5.69 Å². The minimum absolute atomic E-state index is 0.146. The van der Waals surface area contributed by atoms with Gasteiger partial charge in [-0.2, -0.15) is 5.10 Å². The molecule has 0 spiro atoms. The lowest BCUT2D eigenvalue weighted by Gasteiger charge is -2.06. The number of aromatic amines is 1. The molecule has 0 aliphatic heterocycles. The number of aryl methyl sites for hydroxylation is 1. The van der Waals surface area contributed by atoms with Gasteiger partial charge in [0.05, 0.1) is 5.69 Å². The van der Waals surface area contributed by atoms with E-state index in [2.05, 4.69) is 29.4 Å². The Balaban J connectivity index is 2.17. The number of aromatic nitrogens is 2. The van der Waals surface area contributed by atoms with Gasteiger partial charge in [-0.25, -0.2) is 8.42 Å². The summed E-state index contributed by atoms with van der Waals surface area (Å²) in [6, 6.07) is 0. The van der Waals surface area contributed by atoms with Crippen LogP contribution in [0.2, 0.25) is 0 Å². The van der Waals surface area contributed by atoms with Gasteiger partial charge >= 0.3 is 0 Å². The second-order valence-electron chi connectivity index (χ2n) is 6.17. The first-order valence-corrected chi connectivity index (χ1v) is 9.28. The van der Waals surface area contributed by atoms with E-state index in [1.807, 2.05) is 6.92 Å². The number of nitrogens with one attached hydrogen (secondary N) is 2. The highest BCUT2D eigenvalue weighted by atomic mass is 35.7. The molecular weight excluding hydrogens is 314 g/mol. The molecule has 1 saturated carbocycles. The first-order chi connectivity index (χ1) is 9.66. The molecule has 6 nitrogen and oxygen atoms in total. The van der Waals surface area contributed by atoms with E-state index in [4.69, 9.17) is 10.7 Å². The molecule has 1 aliphatic rings. The van der Waals surface area contributed by atoms with Gasteiger partial charge in [-0.1, -0.05) is 27.2 Å². The number of nitrogens with zero attached hydrogens (tertiary/aromatic N) is 1. The van der Waals surface area contributed by atoms with Gasteiger partial charge in [-0.15, -0.1) is 0 Å². The fraction of sp³-hybridized carbons (Fsp3) is 0.692. The van der Waals surface area contributed by atoms with E-state index in [0.717, 1.165) is 12.8 Å². The summed E-state index contributed by atoms with van der Waals surface area (Å²) < 4.78 is 23.4. The van der Waals surface area contributed by atoms with E-state index in [1.165, 1.54) is 0 Å². The summed E-state index contributed by atoms with van der Waals surface area (Å²) in [6.45, 7) is 6.68. The van der Waals surface area contributed by atoms with E-state index in [-0.39, 0.29) is 16.0 Å². The highest BCUT2D eigenvalue weighted by Crippen LogP contribution is 2.51. The van der Waals surface area contributed by atoms with Crippen molar-refractivity contribution in [3.8, 4) is 0 Å². The lowest BCUT2D eigenvalue weighted by molar-refractivity contribution is 0.0942. The van der Waals surface area contributed by atoms with E-state index in [0.29, 0.717) is 24.6 Å². The molecule has 1 amide bonds. The van der Waals surface area contributed by atoms with E-state index in [9.17, 15) is 13.2 Å². The van der Waals surface area contributed by atoms with Crippen molar-refractivity contribution in [3.05, 3.63) is 11.4 Å². The van der Waals surface area contributed by atoms with Crippen molar-refractivity contribution >= 4 is 25.6 Å². The summed E-state index contributed by atoms with van der Waals surface area (Å²) >= 11 is 0. The van der Waals surface area contributed by atoms with Gasteiger partial charge < -0.3 is 5.32 Å². The second kappa shape index (κ2) is 5.61. The molecule has 1 atom stereocenters. The number of hydrogen-bond acceptors (Lipinski definition) is 4. The molecule has 1 fully saturated rings. The fourth-order valence-corrected chi connectivity index (χ4v) is 3.74. The minimum Gasteiger partial charge on any atom is -0.350 e. The zero-order valence-corrected chi connectivity index (χ0v) is 13.9. The third-order valence-corrected chi connectivity index (χ3v) is 5.37. The quantitative estimate of drug-likeness (QED) is 0.779. The highest BCUT2D eigenvalue weighted by molar-refractivity contribution is 8.13. The first-order valence-electron chi connectivity index (χ1n) is 6.97. The number of carbonyl (C=O) groups excluding carboxylic acids is 1. The summed E-state index contributed by atoms with van der Waals surface area (Å²) in [7, 11) is 1.43. The molecule has 1 aliphatic carbocycles. The van der Waals surface area contributed by atoms with E-state index in [1.54, 1.807) is 0 Å². The highest BCUT2D eigenvalue weighted by Gasteiger charge is 2.45. The van der Waals surface area contributed by atoms with Crippen molar-refractivity contribution in [1.29, 1.82) is 0 Å². The summed E-state index contributed by atoms with van der Waals surface area (Å²) in [5.74, 6) is -0.0814. The molecule has 2 rings (SSSR count). The van der Waals surface area contributed by atoms with Gasteiger partial charge in [0.25, 0.3) is 15.0 Å². The van der Waals surface area contributed by atoms with Crippen LogP contribution in [0.25, 0.3) is 0 Å². The summed E-state index contributed by atoms with van der Waals surface area (Å²) in [5, 5.41) is 9.18. The van der Waals surface area contributed by atoms with Crippen LogP contribution in [0.1, 0.15) is 49.8 Å². The third-order valence-electron chi connectivity index (χ3n) is 3.98. The minimum atomic E-state index is -4.02. The number of hydrogen-bond donors (Lipinski definition) is 2. The Morgan fingerprint density at radius 3 is 2.62 bits per heavy atom. The molecule has 0 aromatic carbocycles. The number of amides is 1. The summed E-state index contributed by atoms with van der Waals surface area (Å²) in [4.78, 5) is 12.0. The zero-order valence-electron chi connectivity index (χ0n) is 12.4. The van der Waals surface area contributed by atoms with Crippen molar-refractivity contribution in [2.45, 2.75) is 44.9 Å². The number of H-pyrrole nitrogens is 1. The van der Waals surface area contributed by atoms with Crippen LogP contribution < -0.4 is 5.32 Å². The van der Waals surface area contributed by atoms with Gasteiger partial charge in [0.1, 0.15) is 4.90 Å². The van der Waals surface area contributed by atoms with E-state index < -0.39 is 15.0 Å². The maximum Gasteiger partial charge on any atom is 0.273 e. The largest absolute Gasteiger partial charge is 0.350 e. The van der Waals surface area contributed by atoms with Gasteiger partial charge in [0, 0.05) is 17.2 Å². The molecule has 0 saturated heterocycles. The Kier molecular flexibility index (Phi) is 4.35. The Hall–Kier alpha value is -1.08. The molecule has 1 unspecified atom stereocenters. The molecule has 1 aromatic rings. The number of rotatable bonds is 6. The Morgan fingerprint density at radius 1 is 1.52 bits per heavy atom. The standard InChI is InChI=1S/C13H20ClN3O3S/c1-4-5-9-11(21(14,19)20)10(17-16-9)12(18)15-7-8-6-13(8,2)3/h8H,4-7H2,1-3H3,(H,15,18)(H,16,17). The molecule has 0 bridgehead atoms. The predicted octanol–water partition coefficient (Wildman–Crippen LogP) is 2.07. The van der Waals surface area contributed by atoms with Crippen LogP contribution in [0.15, 0.2) is 4.90 Å². The van der Waals surface area contributed by atoms with Gasteiger partial charge in [-0.05, 0) is 24.2 Å². The lowest BCUT2D eigenvalue weighted by atomic mass is 10.1. The van der Waals surface area contributed by atoms with Crippen LogP contribution in [0, 0.1) is 11.3 Å². The Morgan fingerprint density at radius 2 is 2.14 bits per heavy atom. The van der Waals surface area contributed by atoms with Crippen molar-refractivity contribution in [2.75, 3.05) is 6.54 Å². The molecule has 1 heterocycles. The van der Waals surface area contributed by atoms with Crippen molar-refractivity contribution in [2.24, 2.45) is 11.3 Å². The van der Waals surface area contributed by atoms with Gasteiger partial charge in [0.2, 0.25) is 0 Å². The molecule has 2 N–H and O–H groups in total. The number of carbonyl (C=O) groups is 1. The monoisotopic (exact) mass is 333 g/mol. The average molecular weight is 334 g/mol. The Labute approximate surface area is 129 Å². The van der Waals surface area contributed by atoms with Crippen LogP contribution in [-0.4, -0.2) is 31.1 Å². The lowest BCUT2D eigenvalue weighted by Crippen LogP contribution is -2.28. The molecule has 1 aromatic heterocycles. The smallest absolute Gasteiger partial charge is 0.273 e. The van der Waals surface area contributed by atoms with Crippen molar-refractivity contribution in [1.82, 2.24) is 15.5 Å². The fourth-order valence-electron chi connectivity index (χ4n) is 2.43. The third kappa shape index (κ3) is 3.58. The summed E-state index contributed by atoms with van der Waals surface area (Å²) in [5.41, 5.74) is 0.476. The van der Waals surface area contributed by atoms with Crippen molar-refractivity contribution in [3.63, 3.8) is 0 Å². The molecular formula is C13H20ClN3O3S. The molecule has 118 valence electrons. The van der Waals surface area contributed by atoms with E-state index >= 15 is 0 Å². The first kappa shape index (κ1) is 16.3. The zero-order chi connectivity index (χ0) is 15.8. The number of halogens is 1.